The Kier molecular flexibility index (Phi) is 3.94. The molecule has 2 aliphatic heterocycles. The van der Waals surface area contributed by atoms with Crippen LogP contribution in [0, 0.1) is 0 Å². The van der Waals surface area contributed by atoms with Gasteiger partial charge in [-0.05, 0) is 42.0 Å². The largest absolute Gasteiger partial charge is 0.368 e. The third-order valence-electron chi connectivity index (χ3n) is 4.73. The minimum Gasteiger partial charge on any atom is -0.368 e. The number of rotatable bonds is 1. The molecule has 2 aliphatic rings. The molecule has 0 amide bonds. The van der Waals surface area contributed by atoms with Crippen LogP contribution in [-0.2, 0) is 5.41 Å². The minimum absolute atomic E-state index is 0.185. The average Bonchev–Trinajstić information content (AvgIpc) is 2.84. The van der Waals surface area contributed by atoms with Crippen LogP contribution in [0.5, 0.6) is 0 Å². The van der Waals surface area contributed by atoms with E-state index in [2.05, 4.69) is 49.0 Å². The van der Waals surface area contributed by atoms with Crippen LogP contribution in [0.2, 0.25) is 5.02 Å². The summed E-state index contributed by atoms with van der Waals surface area (Å²) in [6, 6.07) is 6.52. The lowest BCUT2D eigenvalue weighted by molar-refractivity contribution is 0.425. The van der Waals surface area contributed by atoms with E-state index in [9.17, 15) is 0 Å². The summed E-state index contributed by atoms with van der Waals surface area (Å²) in [5.41, 5.74) is 8.55. The van der Waals surface area contributed by atoms with Gasteiger partial charge in [-0.15, -0.1) is 0 Å². The van der Waals surface area contributed by atoms with E-state index in [0.717, 1.165) is 11.0 Å². The Balaban J connectivity index is 1.86. The monoisotopic (exact) mass is 410 g/mol. The predicted octanol–water partition coefficient (Wildman–Crippen LogP) is 4.39. The summed E-state index contributed by atoms with van der Waals surface area (Å²) >= 11 is 12.0. The highest BCUT2D eigenvalue weighted by molar-refractivity contribution is 9.10. The molecule has 1 fully saturated rings. The average molecular weight is 412 g/mol. The number of anilines is 3. The predicted molar refractivity (Wildman–Crippen MR) is 101 cm³/mol. The molecule has 7 heteroatoms. The van der Waals surface area contributed by atoms with E-state index in [-0.39, 0.29) is 11.4 Å². The third-order valence-corrected chi connectivity index (χ3v) is 6.48. The second-order valence-corrected chi connectivity index (χ2v) is 8.59. The molecule has 4 nitrogen and oxygen atoms in total. The maximum absolute atomic E-state index is 6.37. The number of nitrogens with zero attached hydrogens (tertiary/aromatic N) is 3. The van der Waals surface area contributed by atoms with Gasteiger partial charge < -0.3 is 10.6 Å². The zero-order chi connectivity index (χ0) is 16.0. The summed E-state index contributed by atoms with van der Waals surface area (Å²) < 4.78 is 1.06. The normalized spacial score (nSPS) is 19.1. The van der Waals surface area contributed by atoms with Crippen LogP contribution in [0.25, 0.3) is 0 Å². The van der Waals surface area contributed by atoms with Crippen molar-refractivity contribution < 1.29 is 0 Å². The molecule has 1 aromatic carbocycles. The number of aromatic nitrogens is 2. The Hall–Kier alpha value is -0.980. The number of benzene rings is 1. The zero-order valence-corrected chi connectivity index (χ0v) is 15.6. The number of nitrogens with two attached hydrogens (primary N) is 1. The van der Waals surface area contributed by atoms with E-state index in [0.29, 0.717) is 10.8 Å². The van der Waals surface area contributed by atoms with Gasteiger partial charge in [-0.3, -0.25) is 0 Å². The number of hydrogen-bond acceptors (Lipinski definition) is 5. The van der Waals surface area contributed by atoms with Gasteiger partial charge >= 0.3 is 0 Å². The molecular weight excluding hydrogens is 396 g/mol. The Morgan fingerprint density at radius 3 is 2.87 bits per heavy atom. The van der Waals surface area contributed by atoms with E-state index in [4.69, 9.17) is 17.3 Å². The minimum atomic E-state index is 0.185. The standard InChI is InChI=1S/C16H16BrClN4S/c17-10-1-2-11-13(7-10)22(9-16(11)3-5-23-6-4-16)14-12(18)8-20-15(19)21-14/h1-2,7-8H,3-6,9H2,(H2,19,20,21). The van der Waals surface area contributed by atoms with Gasteiger partial charge in [0.05, 0.1) is 6.20 Å². The van der Waals surface area contributed by atoms with Crippen LogP contribution in [0.3, 0.4) is 0 Å². The maximum Gasteiger partial charge on any atom is 0.222 e. The van der Waals surface area contributed by atoms with Gasteiger partial charge in [-0.25, -0.2) is 4.98 Å². The Morgan fingerprint density at radius 1 is 1.30 bits per heavy atom. The van der Waals surface area contributed by atoms with Crippen molar-refractivity contribution in [3.8, 4) is 0 Å². The first-order chi connectivity index (χ1) is 11.1. The lowest BCUT2D eigenvalue weighted by Crippen LogP contribution is -2.35. The van der Waals surface area contributed by atoms with Crippen molar-refractivity contribution in [2.75, 3.05) is 28.7 Å². The van der Waals surface area contributed by atoms with Crippen molar-refractivity contribution in [2.45, 2.75) is 18.3 Å². The summed E-state index contributed by atoms with van der Waals surface area (Å²) in [6.45, 7) is 0.898. The molecule has 1 spiro atoms. The first kappa shape index (κ1) is 15.5. The summed E-state index contributed by atoms with van der Waals surface area (Å²) in [7, 11) is 0. The summed E-state index contributed by atoms with van der Waals surface area (Å²) in [5, 5.41) is 0.535. The highest BCUT2D eigenvalue weighted by Gasteiger charge is 2.44. The van der Waals surface area contributed by atoms with Crippen LogP contribution in [-0.4, -0.2) is 28.0 Å². The molecule has 4 rings (SSSR count). The molecule has 0 radical (unpaired) electrons. The Morgan fingerprint density at radius 2 is 2.09 bits per heavy atom. The molecule has 3 heterocycles. The van der Waals surface area contributed by atoms with E-state index in [1.165, 1.54) is 35.6 Å². The second-order valence-electron chi connectivity index (χ2n) is 6.04. The number of thioether (sulfide) groups is 1. The third kappa shape index (κ3) is 2.61. The summed E-state index contributed by atoms with van der Waals surface area (Å²) in [5.74, 6) is 3.35. The fourth-order valence-corrected chi connectivity index (χ4v) is 5.41. The lowest BCUT2D eigenvalue weighted by Gasteiger charge is -2.34. The van der Waals surface area contributed by atoms with Gasteiger partial charge in [0.1, 0.15) is 5.02 Å². The van der Waals surface area contributed by atoms with Crippen molar-refractivity contribution in [1.82, 2.24) is 9.97 Å². The fourth-order valence-electron chi connectivity index (χ4n) is 3.59. The van der Waals surface area contributed by atoms with Crippen molar-refractivity contribution in [3.05, 3.63) is 39.5 Å². The number of nitrogen functional groups attached to an aromatic ring is 1. The van der Waals surface area contributed by atoms with Crippen LogP contribution >= 0.6 is 39.3 Å². The van der Waals surface area contributed by atoms with E-state index in [1.807, 2.05) is 11.8 Å². The molecule has 120 valence electrons. The topological polar surface area (TPSA) is 55.0 Å². The molecule has 1 aromatic heterocycles. The molecule has 1 saturated heterocycles. The van der Waals surface area contributed by atoms with E-state index >= 15 is 0 Å². The first-order valence-corrected chi connectivity index (χ1v) is 9.85. The van der Waals surface area contributed by atoms with Crippen LogP contribution < -0.4 is 10.6 Å². The van der Waals surface area contributed by atoms with Gasteiger partial charge in [-0.1, -0.05) is 33.6 Å². The molecule has 0 saturated carbocycles. The first-order valence-electron chi connectivity index (χ1n) is 7.52. The van der Waals surface area contributed by atoms with Gasteiger partial charge in [-0.2, -0.15) is 16.7 Å². The Labute approximate surface area is 152 Å². The number of fused-ring (bicyclic) bond motifs is 2. The van der Waals surface area contributed by atoms with E-state index in [1.54, 1.807) is 6.20 Å². The van der Waals surface area contributed by atoms with Crippen LogP contribution in [0.4, 0.5) is 17.5 Å². The van der Waals surface area contributed by atoms with Gasteiger partial charge in [0.2, 0.25) is 5.95 Å². The lowest BCUT2D eigenvalue weighted by atomic mass is 9.77. The van der Waals surface area contributed by atoms with Crippen molar-refractivity contribution >= 4 is 56.7 Å². The maximum atomic E-state index is 6.37. The van der Waals surface area contributed by atoms with Gasteiger partial charge in [0.15, 0.2) is 5.82 Å². The second kappa shape index (κ2) is 5.83. The molecule has 2 aromatic rings. The van der Waals surface area contributed by atoms with Gasteiger partial charge in [0, 0.05) is 22.1 Å². The summed E-state index contributed by atoms with van der Waals surface area (Å²) in [6.07, 6.45) is 3.95. The highest BCUT2D eigenvalue weighted by atomic mass is 79.9. The molecular formula is C16H16BrClN4S. The highest BCUT2D eigenvalue weighted by Crippen LogP contribution is 2.51. The quantitative estimate of drug-likeness (QED) is 0.754. The molecule has 0 unspecified atom stereocenters. The number of halogens is 2. The molecule has 23 heavy (non-hydrogen) atoms. The van der Waals surface area contributed by atoms with Crippen molar-refractivity contribution in [3.63, 3.8) is 0 Å². The van der Waals surface area contributed by atoms with Crippen LogP contribution in [0.15, 0.2) is 28.9 Å². The number of hydrogen-bond donors (Lipinski definition) is 1. The Bertz CT molecular complexity index is 764. The SMILES string of the molecule is Nc1ncc(Cl)c(N2CC3(CCSCC3)c3ccc(Br)cc32)n1. The molecule has 2 N–H and O–H groups in total. The summed E-state index contributed by atoms with van der Waals surface area (Å²) in [4.78, 5) is 10.6. The van der Waals surface area contributed by atoms with Gasteiger partial charge in [0.25, 0.3) is 0 Å². The van der Waals surface area contributed by atoms with Crippen LogP contribution in [0.1, 0.15) is 18.4 Å². The van der Waals surface area contributed by atoms with Crippen molar-refractivity contribution in [2.24, 2.45) is 0 Å². The molecule has 0 atom stereocenters. The zero-order valence-electron chi connectivity index (χ0n) is 12.4. The van der Waals surface area contributed by atoms with Crippen molar-refractivity contribution in [1.29, 1.82) is 0 Å². The molecule has 0 bridgehead atoms. The molecule has 0 aliphatic carbocycles. The van der Waals surface area contributed by atoms with E-state index < -0.39 is 0 Å². The smallest absolute Gasteiger partial charge is 0.222 e. The fraction of sp³-hybridized carbons (Fsp3) is 0.375.